The van der Waals surface area contributed by atoms with Crippen LogP contribution in [0.1, 0.15) is 5.56 Å². The first-order chi connectivity index (χ1) is 26.7. The topological polar surface area (TPSA) is 80.3 Å². The highest BCUT2D eigenvalue weighted by atomic mass is 32.1. The smallest absolute Gasteiger partial charge is 0.238 e. The second-order valence-electron chi connectivity index (χ2n) is 13.4. The van der Waals surface area contributed by atoms with E-state index in [-0.39, 0.29) is 0 Å². The zero-order valence-corrected chi connectivity index (χ0v) is 29.4. The van der Waals surface area contributed by atoms with Crippen molar-refractivity contribution in [3.8, 4) is 46.1 Å². The molecule has 7 heteroatoms. The first-order valence-electron chi connectivity index (χ1n) is 17.7. The summed E-state index contributed by atoms with van der Waals surface area (Å²) in [6.07, 6.45) is 0. The molecule has 54 heavy (non-hydrogen) atoms. The molecule has 0 aliphatic carbocycles. The molecule has 7 aromatic carbocycles. The van der Waals surface area contributed by atoms with Crippen LogP contribution in [0.2, 0.25) is 0 Å². The van der Waals surface area contributed by atoms with Gasteiger partial charge in [0.15, 0.2) is 11.6 Å². The molecule has 0 radical (unpaired) electrons. The highest BCUT2D eigenvalue weighted by Crippen LogP contribution is 2.44. The van der Waals surface area contributed by atoms with Gasteiger partial charge in [-0.05, 0) is 42.5 Å². The van der Waals surface area contributed by atoms with E-state index in [2.05, 4.69) is 126 Å². The maximum absolute atomic E-state index is 9.76. The fraction of sp³-hybridized carbons (Fsp3) is 0. The second-order valence-corrected chi connectivity index (χ2v) is 14.4. The summed E-state index contributed by atoms with van der Waals surface area (Å²) in [7, 11) is 0. The third-order valence-electron chi connectivity index (χ3n) is 10.3. The Morgan fingerprint density at radius 1 is 0.463 bits per heavy atom. The summed E-state index contributed by atoms with van der Waals surface area (Å²) < 4.78 is 4.61. The van der Waals surface area contributed by atoms with Crippen molar-refractivity contribution >= 4 is 75.0 Å². The van der Waals surface area contributed by atoms with Gasteiger partial charge >= 0.3 is 0 Å². The van der Waals surface area contributed by atoms with Crippen molar-refractivity contribution in [3.63, 3.8) is 0 Å². The molecule has 0 aliphatic heterocycles. The monoisotopic (exact) mass is 706 g/mol. The van der Waals surface area contributed by atoms with E-state index in [0.29, 0.717) is 23.2 Å². The molecule has 6 nitrogen and oxygen atoms in total. The lowest BCUT2D eigenvalue weighted by molar-refractivity contribution is 0.953. The number of nitrogens with zero attached hydrogens (tertiary/aromatic N) is 6. The predicted molar refractivity (Wildman–Crippen MR) is 221 cm³/mol. The Balaban J connectivity index is 1.21. The minimum atomic E-state index is 0.483. The first-order valence-corrected chi connectivity index (χ1v) is 18.5. The highest BCUT2D eigenvalue weighted by molar-refractivity contribution is 7.26. The quantitative estimate of drug-likeness (QED) is 0.170. The third-order valence-corrected chi connectivity index (χ3v) is 11.4. The predicted octanol–water partition coefficient (Wildman–Crippen LogP) is 11.9. The van der Waals surface area contributed by atoms with Gasteiger partial charge in [-0.25, -0.2) is 9.97 Å². The van der Waals surface area contributed by atoms with Crippen LogP contribution in [0.15, 0.2) is 158 Å². The van der Waals surface area contributed by atoms with E-state index < -0.39 is 0 Å². The molecular formula is C47H26N6S. The zero-order valence-electron chi connectivity index (χ0n) is 28.6. The number of pyridine rings is 1. The van der Waals surface area contributed by atoms with Crippen molar-refractivity contribution in [3.05, 3.63) is 163 Å². The van der Waals surface area contributed by atoms with E-state index >= 15 is 0 Å². The normalized spacial score (nSPS) is 11.7. The van der Waals surface area contributed by atoms with Gasteiger partial charge in [0.1, 0.15) is 0 Å². The Morgan fingerprint density at radius 3 is 1.87 bits per heavy atom. The summed E-state index contributed by atoms with van der Waals surface area (Å²) in [5.41, 5.74) is 6.94. The SMILES string of the molecule is N#Cc1cccc(-c2nc(-c3ccc4c(c3)nc(-c3ccccc3)c3ccc5sc6ccccc6c5c34)nc(-n3c4ccccc4c4ccccc43)n2)c1. The Labute approximate surface area is 312 Å². The molecule has 0 unspecified atom stereocenters. The fourth-order valence-electron chi connectivity index (χ4n) is 7.85. The van der Waals surface area contributed by atoms with Gasteiger partial charge in [-0.1, -0.05) is 115 Å². The molecule has 250 valence electrons. The molecule has 0 N–H and O–H groups in total. The van der Waals surface area contributed by atoms with E-state index in [1.807, 2.05) is 47.7 Å². The molecule has 4 heterocycles. The lowest BCUT2D eigenvalue weighted by Crippen LogP contribution is -2.06. The maximum Gasteiger partial charge on any atom is 0.238 e. The summed E-state index contributed by atoms with van der Waals surface area (Å²) in [4.78, 5) is 20.7. The summed E-state index contributed by atoms with van der Waals surface area (Å²) in [6.45, 7) is 0. The average Bonchev–Trinajstić information content (AvgIpc) is 3.79. The van der Waals surface area contributed by atoms with Gasteiger partial charge in [-0.2, -0.15) is 15.2 Å². The molecule has 0 spiro atoms. The number of nitriles is 1. The number of benzene rings is 7. The van der Waals surface area contributed by atoms with Crippen molar-refractivity contribution < 1.29 is 0 Å². The standard InChI is InChI=1S/C47H26N6S/c48-27-28-11-10-14-30(25-28)45-50-46(52-47(51-45)53-38-18-7-4-15-32(38)33-16-5-8-19-39(33)53)31-21-22-34-37(26-31)49-44(29-12-2-1-3-13-29)36-23-24-41-43(42(34)36)35-17-6-9-20-40(35)54-41/h1-26H. The average molecular weight is 707 g/mol. The second kappa shape index (κ2) is 11.9. The van der Waals surface area contributed by atoms with Gasteiger partial charge in [-0.15, -0.1) is 11.3 Å². The molecule has 11 rings (SSSR count). The van der Waals surface area contributed by atoms with Crippen LogP contribution in [0.3, 0.4) is 0 Å². The van der Waals surface area contributed by atoms with Crippen LogP contribution in [0, 0.1) is 11.3 Å². The van der Waals surface area contributed by atoms with Crippen LogP contribution in [0.25, 0.3) is 104 Å². The van der Waals surface area contributed by atoms with Gasteiger partial charge in [0.05, 0.1) is 33.9 Å². The van der Waals surface area contributed by atoms with E-state index in [1.54, 1.807) is 6.07 Å². The van der Waals surface area contributed by atoms with Gasteiger partial charge in [0, 0.05) is 63.8 Å². The van der Waals surface area contributed by atoms with Crippen LogP contribution in [-0.4, -0.2) is 24.5 Å². The molecule has 0 amide bonds. The van der Waals surface area contributed by atoms with Gasteiger partial charge in [-0.3, -0.25) is 4.57 Å². The van der Waals surface area contributed by atoms with E-state index in [0.717, 1.165) is 60.5 Å². The molecule has 0 saturated heterocycles. The molecule has 0 bridgehead atoms. The summed E-state index contributed by atoms with van der Waals surface area (Å²) >= 11 is 1.82. The summed E-state index contributed by atoms with van der Waals surface area (Å²) in [5.74, 6) is 1.50. The molecule has 0 saturated carbocycles. The molecule has 0 aliphatic rings. The minimum absolute atomic E-state index is 0.483. The first kappa shape index (κ1) is 30.4. The Kier molecular flexibility index (Phi) is 6.68. The van der Waals surface area contributed by atoms with Crippen LogP contribution in [-0.2, 0) is 0 Å². The van der Waals surface area contributed by atoms with Crippen LogP contribution < -0.4 is 0 Å². The number of para-hydroxylation sites is 2. The van der Waals surface area contributed by atoms with Crippen molar-refractivity contribution in [2.24, 2.45) is 0 Å². The van der Waals surface area contributed by atoms with Crippen molar-refractivity contribution in [2.75, 3.05) is 0 Å². The maximum atomic E-state index is 9.76. The fourth-order valence-corrected chi connectivity index (χ4v) is 8.97. The summed E-state index contributed by atoms with van der Waals surface area (Å²) in [6, 6.07) is 56.2. The Bertz CT molecular complexity index is 3300. The van der Waals surface area contributed by atoms with Gasteiger partial charge in [0.25, 0.3) is 0 Å². The zero-order chi connectivity index (χ0) is 35.8. The molecule has 11 aromatic rings. The number of thiophene rings is 1. The lowest BCUT2D eigenvalue weighted by atomic mass is 9.95. The highest BCUT2D eigenvalue weighted by Gasteiger charge is 2.20. The molecule has 4 aromatic heterocycles. The van der Waals surface area contributed by atoms with Crippen molar-refractivity contribution in [1.82, 2.24) is 24.5 Å². The number of aromatic nitrogens is 5. The van der Waals surface area contributed by atoms with Gasteiger partial charge < -0.3 is 0 Å². The van der Waals surface area contributed by atoms with Gasteiger partial charge in [0.2, 0.25) is 5.95 Å². The lowest BCUT2D eigenvalue weighted by Gasteiger charge is -2.14. The largest absolute Gasteiger partial charge is 0.278 e. The van der Waals surface area contributed by atoms with Crippen molar-refractivity contribution in [2.45, 2.75) is 0 Å². The van der Waals surface area contributed by atoms with E-state index in [1.165, 1.54) is 25.6 Å². The third kappa shape index (κ3) is 4.64. The Hall–Kier alpha value is -7.27. The van der Waals surface area contributed by atoms with Crippen LogP contribution >= 0.6 is 11.3 Å². The molecule has 0 fully saturated rings. The summed E-state index contributed by atoms with van der Waals surface area (Å²) in [5, 5.41) is 17.9. The van der Waals surface area contributed by atoms with E-state index in [9.17, 15) is 5.26 Å². The Morgan fingerprint density at radius 2 is 1.11 bits per heavy atom. The minimum Gasteiger partial charge on any atom is -0.278 e. The van der Waals surface area contributed by atoms with Crippen LogP contribution in [0.5, 0.6) is 0 Å². The molecular weight excluding hydrogens is 681 g/mol. The number of fused-ring (bicyclic) bond motifs is 10. The number of hydrogen-bond donors (Lipinski definition) is 0. The van der Waals surface area contributed by atoms with Crippen LogP contribution in [0.4, 0.5) is 0 Å². The molecule has 0 atom stereocenters. The number of hydrogen-bond acceptors (Lipinski definition) is 6. The van der Waals surface area contributed by atoms with Crippen molar-refractivity contribution in [1.29, 1.82) is 5.26 Å². The number of rotatable bonds is 4. The van der Waals surface area contributed by atoms with E-state index in [4.69, 9.17) is 19.9 Å².